The Balaban J connectivity index is 1.77. The summed E-state index contributed by atoms with van der Waals surface area (Å²) in [5.41, 5.74) is 1.99. The molecule has 0 spiro atoms. The number of aryl methyl sites for hydroxylation is 1. The van der Waals surface area contributed by atoms with Crippen LogP contribution in [0, 0.1) is 0 Å². The standard InChI is InChI=1S/C17H26N2O/c1-2-11-19-12-8-17(20,9-13-19)15-7-3-5-14-6-4-10-18-16(14)15/h4,6,10,15,20H,2-3,5,7-9,11-13H2,1H3. The molecule has 1 fully saturated rings. The first-order chi connectivity index (χ1) is 9.73. The molecule has 3 rings (SSSR count). The first-order valence-corrected chi connectivity index (χ1v) is 8.11. The van der Waals surface area contributed by atoms with Gasteiger partial charge in [0.2, 0.25) is 0 Å². The van der Waals surface area contributed by atoms with Crippen molar-refractivity contribution in [2.24, 2.45) is 0 Å². The summed E-state index contributed by atoms with van der Waals surface area (Å²) in [5.74, 6) is 0.247. The zero-order valence-corrected chi connectivity index (χ0v) is 12.5. The van der Waals surface area contributed by atoms with Crippen molar-refractivity contribution < 1.29 is 5.11 Å². The van der Waals surface area contributed by atoms with Crippen LogP contribution in [0.3, 0.4) is 0 Å². The van der Waals surface area contributed by atoms with E-state index in [1.54, 1.807) is 0 Å². The van der Waals surface area contributed by atoms with Crippen molar-refractivity contribution in [3.8, 4) is 0 Å². The molecule has 110 valence electrons. The van der Waals surface area contributed by atoms with Gasteiger partial charge in [0.1, 0.15) is 0 Å². The predicted octanol–water partition coefficient (Wildman–Crippen LogP) is 2.74. The minimum atomic E-state index is -0.534. The second-order valence-electron chi connectivity index (χ2n) is 6.44. The van der Waals surface area contributed by atoms with E-state index < -0.39 is 5.60 Å². The summed E-state index contributed by atoms with van der Waals surface area (Å²) in [7, 11) is 0. The van der Waals surface area contributed by atoms with E-state index in [2.05, 4.69) is 22.9 Å². The van der Waals surface area contributed by atoms with Gasteiger partial charge in [-0.3, -0.25) is 4.98 Å². The first kappa shape index (κ1) is 14.0. The van der Waals surface area contributed by atoms with E-state index in [1.807, 2.05) is 12.3 Å². The zero-order chi connectivity index (χ0) is 14.0. The lowest BCUT2D eigenvalue weighted by molar-refractivity contribution is -0.0478. The monoisotopic (exact) mass is 274 g/mol. The van der Waals surface area contributed by atoms with Crippen molar-refractivity contribution in [2.75, 3.05) is 19.6 Å². The van der Waals surface area contributed by atoms with E-state index in [0.717, 1.165) is 45.3 Å². The maximum absolute atomic E-state index is 11.2. The molecule has 0 radical (unpaired) electrons. The van der Waals surface area contributed by atoms with Gasteiger partial charge in [0.15, 0.2) is 0 Å². The van der Waals surface area contributed by atoms with Crippen molar-refractivity contribution >= 4 is 0 Å². The summed E-state index contributed by atoms with van der Waals surface area (Å²) in [4.78, 5) is 7.09. The maximum atomic E-state index is 11.2. The van der Waals surface area contributed by atoms with E-state index in [-0.39, 0.29) is 5.92 Å². The average Bonchev–Trinajstić information content (AvgIpc) is 2.49. The van der Waals surface area contributed by atoms with Crippen LogP contribution in [0.1, 0.15) is 56.2 Å². The molecule has 1 aliphatic carbocycles. The molecular formula is C17H26N2O. The van der Waals surface area contributed by atoms with Crippen molar-refractivity contribution in [1.29, 1.82) is 0 Å². The predicted molar refractivity (Wildman–Crippen MR) is 80.8 cm³/mol. The molecule has 3 heteroatoms. The maximum Gasteiger partial charge on any atom is 0.0755 e. The van der Waals surface area contributed by atoms with Gasteiger partial charge < -0.3 is 10.0 Å². The topological polar surface area (TPSA) is 36.4 Å². The third-order valence-corrected chi connectivity index (χ3v) is 5.11. The third-order valence-electron chi connectivity index (χ3n) is 5.11. The quantitative estimate of drug-likeness (QED) is 0.920. The molecule has 20 heavy (non-hydrogen) atoms. The zero-order valence-electron chi connectivity index (χ0n) is 12.5. The molecule has 3 nitrogen and oxygen atoms in total. The van der Waals surface area contributed by atoms with Gasteiger partial charge in [0.05, 0.1) is 5.60 Å². The number of rotatable bonds is 3. The van der Waals surface area contributed by atoms with Crippen molar-refractivity contribution in [3.63, 3.8) is 0 Å². The summed E-state index contributed by atoms with van der Waals surface area (Å²) in [5, 5.41) is 11.2. The molecule has 2 aliphatic rings. The van der Waals surface area contributed by atoms with Gasteiger partial charge in [-0.05, 0) is 56.7 Å². The second kappa shape index (κ2) is 5.82. The normalized spacial score (nSPS) is 26.2. The number of hydrogen-bond donors (Lipinski definition) is 1. The number of aromatic nitrogens is 1. The number of nitrogens with zero attached hydrogens (tertiary/aromatic N) is 2. The van der Waals surface area contributed by atoms with Gasteiger partial charge in [0, 0.05) is 30.9 Å². The van der Waals surface area contributed by atoms with Crippen molar-refractivity contribution in [3.05, 3.63) is 29.6 Å². The Morgan fingerprint density at radius 2 is 2.20 bits per heavy atom. The molecule has 1 saturated heterocycles. The van der Waals surface area contributed by atoms with Crippen LogP contribution in [0.2, 0.25) is 0 Å². The molecule has 0 bridgehead atoms. The fourth-order valence-electron chi connectivity index (χ4n) is 3.96. The van der Waals surface area contributed by atoms with Crippen LogP contribution in [0.15, 0.2) is 18.3 Å². The Labute approximate surface area is 122 Å². The molecule has 1 aromatic heterocycles. The Hall–Kier alpha value is -0.930. The van der Waals surface area contributed by atoms with Crippen LogP contribution in [0.5, 0.6) is 0 Å². The van der Waals surface area contributed by atoms with Gasteiger partial charge in [-0.2, -0.15) is 0 Å². The SMILES string of the molecule is CCCN1CCC(O)(C2CCCc3cccnc32)CC1. The molecule has 0 saturated carbocycles. The first-order valence-electron chi connectivity index (χ1n) is 8.11. The Kier molecular flexibility index (Phi) is 4.08. The largest absolute Gasteiger partial charge is 0.389 e. The van der Waals surface area contributed by atoms with Gasteiger partial charge in [0.25, 0.3) is 0 Å². The number of pyridine rings is 1. The second-order valence-corrected chi connectivity index (χ2v) is 6.44. The molecule has 1 N–H and O–H groups in total. The van der Waals surface area contributed by atoms with E-state index in [1.165, 1.54) is 24.1 Å². The van der Waals surface area contributed by atoms with Crippen LogP contribution < -0.4 is 0 Å². The lowest BCUT2D eigenvalue weighted by Gasteiger charge is -2.44. The molecule has 1 atom stereocenters. The van der Waals surface area contributed by atoms with E-state index >= 15 is 0 Å². The van der Waals surface area contributed by atoms with E-state index in [4.69, 9.17) is 0 Å². The van der Waals surface area contributed by atoms with E-state index in [9.17, 15) is 5.11 Å². The molecule has 1 aromatic rings. The van der Waals surface area contributed by atoms with Gasteiger partial charge in [-0.15, -0.1) is 0 Å². The van der Waals surface area contributed by atoms with Gasteiger partial charge in [-0.25, -0.2) is 0 Å². The minimum Gasteiger partial charge on any atom is -0.389 e. The number of fused-ring (bicyclic) bond motifs is 1. The molecule has 0 amide bonds. The van der Waals surface area contributed by atoms with Gasteiger partial charge >= 0.3 is 0 Å². The van der Waals surface area contributed by atoms with Crippen LogP contribution in [0.4, 0.5) is 0 Å². The number of likely N-dealkylation sites (tertiary alicyclic amines) is 1. The summed E-state index contributed by atoms with van der Waals surface area (Å²) in [6.45, 7) is 5.45. The Bertz CT molecular complexity index is 452. The third kappa shape index (κ3) is 2.61. The Morgan fingerprint density at radius 3 is 2.95 bits per heavy atom. The van der Waals surface area contributed by atoms with Crippen LogP contribution >= 0.6 is 0 Å². The number of hydrogen-bond acceptors (Lipinski definition) is 3. The lowest BCUT2D eigenvalue weighted by atomic mass is 9.71. The van der Waals surface area contributed by atoms with E-state index in [0.29, 0.717) is 0 Å². The minimum absolute atomic E-state index is 0.247. The van der Waals surface area contributed by atoms with Gasteiger partial charge in [-0.1, -0.05) is 13.0 Å². The summed E-state index contributed by atoms with van der Waals surface area (Å²) < 4.78 is 0. The fraction of sp³-hybridized carbons (Fsp3) is 0.706. The smallest absolute Gasteiger partial charge is 0.0755 e. The summed E-state index contributed by atoms with van der Waals surface area (Å²) >= 11 is 0. The van der Waals surface area contributed by atoms with Crippen molar-refractivity contribution in [2.45, 2.75) is 57.0 Å². The fourth-order valence-corrected chi connectivity index (χ4v) is 3.96. The number of aliphatic hydroxyl groups is 1. The summed E-state index contributed by atoms with van der Waals surface area (Å²) in [6.07, 6.45) is 8.27. The highest BCUT2D eigenvalue weighted by Crippen LogP contribution is 2.42. The van der Waals surface area contributed by atoms with Crippen LogP contribution in [0.25, 0.3) is 0 Å². The average molecular weight is 274 g/mol. The molecular weight excluding hydrogens is 248 g/mol. The molecule has 1 unspecified atom stereocenters. The van der Waals surface area contributed by atoms with Crippen LogP contribution in [-0.2, 0) is 6.42 Å². The van der Waals surface area contributed by atoms with Crippen LogP contribution in [-0.4, -0.2) is 40.2 Å². The highest BCUT2D eigenvalue weighted by molar-refractivity contribution is 5.28. The highest BCUT2D eigenvalue weighted by atomic mass is 16.3. The number of piperidine rings is 1. The lowest BCUT2D eigenvalue weighted by Crippen LogP contribution is -2.49. The molecule has 1 aliphatic heterocycles. The highest BCUT2D eigenvalue weighted by Gasteiger charge is 2.42. The summed E-state index contributed by atoms with van der Waals surface area (Å²) in [6, 6.07) is 4.21. The molecule has 0 aromatic carbocycles. The van der Waals surface area contributed by atoms with Crippen molar-refractivity contribution in [1.82, 2.24) is 9.88 Å². The Morgan fingerprint density at radius 1 is 1.40 bits per heavy atom. The molecule has 2 heterocycles.